The van der Waals surface area contributed by atoms with Gasteiger partial charge in [0.25, 0.3) is 5.56 Å². The molecule has 5 rings (SSSR count). The maximum atomic E-state index is 12.9. The van der Waals surface area contributed by atoms with Crippen molar-refractivity contribution < 1.29 is 9.47 Å². The Morgan fingerprint density at radius 1 is 1.24 bits per heavy atom. The number of hydrogen-bond donors (Lipinski definition) is 1. The zero-order valence-electron chi connectivity index (χ0n) is 19.1. The van der Waals surface area contributed by atoms with Gasteiger partial charge < -0.3 is 14.5 Å². The van der Waals surface area contributed by atoms with Crippen molar-refractivity contribution in [2.45, 2.75) is 45.1 Å². The third-order valence-electron chi connectivity index (χ3n) is 6.02. The van der Waals surface area contributed by atoms with Gasteiger partial charge in [0, 0.05) is 43.7 Å². The first-order valence-corrected chi connectivity index (χ1v) is 11.4. The minimum atomic E-state index is -0.129. The number of pyridine rings is 2. The number of fused-ring (bicyclic) bond motifs is 1. The topological polar surface area (TPSA) is 111 Å². The number of hydrogen-bond acceptors (Lipinski definition) is 8. The second kappa shape index (κ2) is 10.1. The highest BCUT2D eigenvalue weighted by atomic mass is 16.5. The molecular weight excluding hydrogens is 434 g/mol. The summed E-state index contributed by atoms with van der Waals surface area (Å²) in [6, 6.07) is 11.5. The lowest BCUT2D eigenvalue weighted by Gasteiger charge is -2.22. The van der Waals surface area contributed by atoms with E-state index in [9.17, 15) is 4.79 Å². The van der Waals surface area contributed by atoms with E-state index in [1.165, 1.54) is 0 Å². The Hall–Kier alpha value is -3.63. The number of ether oxygens (including phenoxy) is 2. The fraction of sp³-hybridized carbons (Fsp3) is 0.375. The molecule has 0 aliphatic carbocycles. The first-order valence-electron chi connectivity index (χ1n) is 11.4. The number of methoxy groups -OCH3 is 1. The summed E-state index contributed by atoms with van der Waals surface area (Å²) >= 11 is 0. The van der Waals surface area contributed by atoms with Crippen LogP contribution >= 0.6 is 0 Å². The fourth-order valence-electron chi connectivity index (χ4n) is 4.29. The van der Waals surface area contributed by atoms with Crippen molar-refractivity contribution in [2.75, 3.05) is 13.7 Å². The quantitative estimate of drug-likeness (QED) is 0.404. The number of nitrogens with one attached hydrogen (secondary N) is 1. The van der Waals surface area contributed by atoms with Crippen molar-refractivity contribution in [3.05, 3.63) is 76.1 Å². The maximum absolute atomic E-state index is 12.9. The Balaban J connectivity index is 1.41. The van der Waals surface area contributed by atoms with Crippen LogP contribution < -0.4 is 10.3 Å². The summed E-state index contributed by atoms with van der Waals surface area (Å²) in [5, 5.41) is 13.3. The number of benzene rings is 1. The Kier molecular flexibility index (Phi) is 6.59. The first-order chi connectivity index (χ1) is 16.7. The molecule has 3 aromatic heterocycles. The van der Waals surface area contributed by atoms with Crippen molar-refractivity contribution in [3.8, 4) is 5.75 Å². The van der Waals surface area contributed by atoms with E-state index in [1.54, 1.807) is 13.3 Å². The highest BCUT2D eigenvalue weighted by Gasteiger charge is 2.21. The molecule has 34 heavy (non-hydrogen) atoms. The predicted octanol–water partition coefficient (Wildman–Crippen LogP) is 2.30. The van der Waals surface area contributed by atoms with Crippen LogP contribution in [0.1, 0.15) is 29.8 Å². The van der Waals surface area contributed by atoms with Gasteiger partial charge in [-0.1, -0.05) is 6.07 Å². The normalized spacial score (nSPS) is 15.9. The van der Waals surface area contributed by atoms with E-state index < -0.39 is 0 Å². The van der Waals surface area contributed by atoms with Crippen LogP contribution in [-0.2, 0) is 30.9 Å². The van der Waals surface area contributed by atoms with Crippen LogP contribution in [-0.4, -0.2) is 54.9 Å². The Morgan fingerprint density at radius 2 is 2.18 bits per heavy atom. The summed E-state index contributed by atoms with van der Waals surface area (Å²) in [7, 11) is 1.61. The fourth-order valence-corrected chi connectivity index (χ4v) is 4.29. The molecule has 10 nitrogen and oxygen atoms in total. The first kappa shape index (κ1) is 22.2. The molecule has 1 saturated heterocycles. The number of tetrazole rings is 1. The summed E-state index contributed by atoms with van der Waals surface area (Å²) in [6.45, 7) is 2.92. The average molecular weight is 462 g/mol. The van der Waals surface area contributed by atoms with E-state index in [-0.39, 0.29) is 11.7 Å². The molecule has 1 fully saturated rings. The van der Waals surface area contributed by atoms with Crippen molar-refractivity contribution in [1.29, 1.82) is 0 Å². The second-order valence-electron chi connectivity index (χ2n) is 8.50. The molecule has 1 aromatic carbocycles. The number of H-pyrrole nitrogens is 1. The van der Waals surface area contributed by atoms with E-state index in [1.807, 2.05) is 47.3 Å². The Morgan fingerprint density at radius 3 is 2.97 bits per heavy atom. The van der Waals surface area contributed by atoms with Gasteiger partial charge in [-0.25, -0.2) is 4.68 Å². The Labute approximate surface area is 196 Å². The van der Waals surface area contributed by atoms with Gasteiger partial charge in [0.15, 0.2) is 5.82 Å². The molecule has 1 aliphatic heterocycles. The molecule has 0 amide bonds. The number of nitrogens with zero attached hydrogens (tertiary/aromatic N) is 6. The van der Waals surface area contributed by atoms with Gasteiger partial charge in [0.05, 0.1) is 31.8 Å². The minimum Gasteiger partial charge on any atom is -0.497 e. The van der Waals surface area contributed by atoms with Crippen molar-refractivity contribution in [2.24, 2.45) is 0 Å². The summed E-state index contributed by atoms with van der Waals surface area (Å²) in [5.41, 5.74) is 2.32. The van der Waals surface area contributed by atoms with Gasteiger partial charge in [-0.3, -0.25) is 14.7 Å². The number of aromatic amines is 1. The van der Waals surface area contributed by atoms with Gasteiger partial charge in [0.2, 0.25) is 0 Å². The lowest BCUT2D eigenvalue weighted by molar-refractivity contribution is 0.0914. The van der Waals surface area contributed by atoms with E-state index in [0.717, 1.165) is 41.7 Å². The smallest absolute Gasteiger partial charge is 0.252 e. The maximum Gasteiger partial charge on any atom is 0.252 e. The van der Waals surface area contributed by atoms with Gasteiger partial charge in [-0.15, -0.1) is 5.10 Å². The molecule has 4 heterocycles. The minimum absolute atomic E-state index is 0.129. The van der Waals surface area contributed by atoms with Crippen LogP contribution in [0.15, 0.2) is 53.6 Å². The molecular formula is C24H27N7O3. The summed E-state index contributed by atoms with van der Waals surface area (Å²) in [4.78, 5) is 22.3. The van der Waals surface area contributed by atoms with Crippen LogP contribution in [0.25, 0.3) is 10.9 Å². The van der Waals surface area contributed by atoms with Crippen LogP contribution in [0.2, 0.25) is 0 Å². The van der Waals surface area contributed by atoms with Crippen molar-refractivity contribution >= 4 is 10.9 Å². The number of aromatic nitrogens is 6. The average Bonchev–Trinajstić information content (AvgIpc) is 3.52. The lowest BCUT2D eigenvalue weighted by Crippen LogP contribution is -2.29. The molecule has 0 bridgehead atoms. The zero-order valence-corrected chi connectivity index (χ0v) is 19.1. The van der Waals surface area contributed by atoms with Crippen LogP contribution in [0, 0.1) is 0 Å². The molecule has 1 unspecified atom stereocenters. The van der Waals surface area contributed by atoms with E-state index in [4.69, 9.17) is 9.47 Å². The Bertz CT molecular complexity index is 1300. The molecule has 1 atom stereocenters. The van der Waals surface area contributed by atoms with Crippen molar-refractivity contribution in [3.63, 3.8) is 0 Å². The summed E-state index contributed by atoms with van der Waals surface area (Å²) in [6.07, 6.45) is 5.79. The largest absolute Gasteiger partial charge is 0.497 e. The van der Waals surface area contributed by atoms with Gasteiger partial charge in [-0.2, -0.15) is 0 Å². The molecule has 1 N–H and O–H groups in total. The molecule has 0 saturated carbocycles. The standard InChI is InChI=1S/C24H27N7O3/c1-33-20-7-6-18-10-19(24(32)26-22(18)11-20)14-30(13-17-4-2-8-25-12-17)16-23-27-28-29-31(23)15-21-5-3-9-34-21/h2,4,6-8,10-12,21H,3,5,9,13-16H2,1H3,(H,26,32). The molecule has 176 valence electrons. The summed E-state index contributed by atoms with van der Waals surface area (Å²) in [5.74, 6) is 1.44. The highest BCUT2D eigenvalue weighted by molar-refractivity contribution is 5.80. The van der Waals surface area contributed by atoms with Crippen molar-refractivity contribution in [1.82, 2.24) is 35.1 Å². The van der Waals surface area contributed by atoms with Crippen LogP contribution in [0.4, 0.5) is 0 Å². The predicted molar refractivity (Wildman–Crippen MR) is 125 cm³/mol. The highest BCUT2D eigenvalue weighted by Crippen LogP contribution is 2.20. The third-order valence-corrected chi connectivity index (χ3v) is 6.02. The molecule has 4 aromatic rings. The summed E-state index contributed by atoms with van der Waals surface area (Å²) < 4.78 is 12.8. The van der Waals surface area contributed by atoms with Gasteiger partial charge >= 0.3 is 0 Å². The lowest BCUT2D eigenvalue weighted by atomic mass is 10.1. The SMILES string of the molecule is COc1ccc2cc(CN(Cc3cccnc3)Cc3nnnn3CC3CCCO3)c(=O)[nH]c2c1. The van der Waals surface area contributed by atoms with Gasteiger partial charge in [0.1, 0.15) is 5.75 Å². The molecule has 10 heteroatoms. The van der Waals surface area contributed by atoms with Gasteiger partial charge in [-0.05, 0) is 58.5 Å². The molecule has 0 radical (unpaired) electrons. The number of rotatable bonds is 9. The molecule has 1 aliphatic rings. The molecule has 0 spiro atoms. The third kappa shape index (κ3) is 5.13. The monoisotopic (exact) mass is 461 g/mol. The zero-order chi connectivity index (χ0) is 23.3. The van der Waals surface area contributed by atoms with Crippen LogP contribution in [0.5, 0.6) is 5.75 Å². The van der Waals surface area contributed by atoms with E-state index in [2.05, 4.69) is 30.4 Å². The van der Waals surface area contributed by atoms with E-state index in [0.29, 0.717) is 37.5 Å². The van der Waals surface area contributed by atoms with Crippen LogP contribution in [0.3, 0.4) is 0 Å². The van der Waals surface area contributed by atoms with E-state index >= 15 is 0 Å². The second-order valence-corrected chi connectivity index (χ2v) is 8.50.